The van der Waals surface area contributed by atoms with E-state index in [1.165, 1.54) is 13.0 Å². The first-order chi connectivity index (χ1) is 9.91. The molecule has 1 aliphatic rings. The number of nitro groups is 1. The van der Waals surface area contributed by atoms with Gasteiger partial charge in [-0.25, -0.2) is 0 Å². The molecule has 0 bridgehead atoms. The molecule has 2 atom stereocenters. The second-order valence-corrected chi connectivity index (χ2v) is 5.54. The standard InChI is InChI=1S/C15H20N2O4/c1-10(18)12-9-11(7-8-13(12)17(20)21)16(2)14-5-3-4-6-15(14)19/h7-9,14-15,19H,3-6H2,1-2H3. The molecule has 2 rings (SSSR count). The summed E-state index contributed by atoms with van der Waals surface area (Å²) in [6.45, 7) is 1.32. The van der Waals surface area contributed by atoms with Gasteiger partial charge in [-0.1, -0.05) is 12.8 Å². The number of nitrogens with zero attached hydrogens (tertiary/aromatic N) is 2. The Hall–Kier alpha value is -1.95. The number of hydrogen-bond acceptors (Lipinski definition) is 5. The molecule has 1 aliphatic carbocycles. The number of nitro benzene ring substituents is 1. The minimum Gasteiger partial charge on any atom is -0.391 e. The van der Waals surface area contributed by atoms with Gasteiger partial charge in [-0.3, -0.25) is 14.9 Å². The van der Waals surface area contributed by atoms with Crippen molar-refractivity contribution >= 4 is 17.2 Å². The van der Waals surface area contributed by atoms with Gasteiger partial charge in [0.05, 0.1) is 22.6 Å². The summed E-state index contributed by atoms with van der Waals surface area (Å²) >= 11 is 0. The van der Waals surface area contributed by atoms with E-state index in [9.17, 15) is 20.0 Å². The van der Waals surface area contributed by atoms with E-state index in [1.54, 1.807) is 12.1 Å². The van der Waals surface area contributed by atoms with E-state index in [2.05, 4.69) is 0 Å². The van der Waals surface area contributed by atoms with Crippen LogP contribution < -0.4 is 4.90 Å². The third-order valence-corrected chi connectivity index (χ3v) is 4.15. The Morgan fingerprint density at radius 3 is 2.62 bits per heavy atom. The zero-order valence-corrected chi connectivity index (χ0v) is 12.3. The number of carbonyl (C=O) groups excluding carboxylic acids is 1. The first-order valence-electron chi connectivity index (χ1n) is 7.12. The highest BCUT2D eigenvalue weighted by atomic mass is 16.6. The first kappa shape index (κ1) is 15.4. The van der Waals surface area contributed by atoms with Crippen molar-refractivity contribution in [2.45, 2.75) is 44.8 Å². The summed E-state index contributed by atoms with van der Waals surface area (Å²) in [4.78, 5) is 23.9. The predicted molar refractivity (Wildman–Crippen MR) is 79.8 cm³/mol. The second kappa shape index (κ2) is 6.22. The fourth-order valence-electron chi connectivity index (χ4n) is 2.92. The van der Waals surface area contributed by atoms with Crippen LogP contribution in [0.3, 0.4) is 0 Å². The molecule has 1 N–H and O–H groups in total. The minimum absolute atomic E-state index is 0.0139. The van der Waals surface area contributed by atoms with E-state index in [0.29, 0.717) is 0 Å². The second-order valence-electron chi connectivity index (χ2n) is 5.54. The topological polar surface area (TPSA) is 83.7 Å². The molecule has 6 nitrogen and oxygen atoms in total. The Kier molecular flexibility index (Phi) is 4.57. The molecule has 1 aromatic rings. The van der Waals surface area contributed by atoms with E-state index < -0.39 is 11.0 Å². The number of benzene rings is 1. The van der Waals surface area contributed by atoms with Crippen molar-refractivity contribution in [3.8, 4) is 0 Å². The molecule has 0 aliphatic heterocycles. The Morgan fingerprint density at radius 1 is 1.38 bits per heavy atom. The van der Waals surface area contributed by atoms with Gasteiger partial charge in [0.15, 0.2) is 5.78 Å². The van der Waals surface area contributed by atoms with Crippen molar-refractivity contribution in [3.05, 3.63) is 33.9 Å². The van der Waals surface area contributed by atoms with E-state index >= 15 is 0 Å². The van der Waals surface area contributed by atoms with Crippen LogP contribution in [0.15, 0.2) is 18.2 Å². The number of anilines is 1. The molecule has 1 saturated carbocycles. The third kappa shape index (κ3) is 3.21. The first-order valence-corrected chi connectivity index (χ1v) is 7.12. The van der Waals surface area contributed by atoms with Gasteiger partial charge in [-0.15, -0.1) is 0 Å². The molecule has 0 aromatic heterocycles. The van der Waals surface area contributed by atoms with Crippen molar-refractivity contribution in [2.24, 2.45) is 0 Å². The monoisotopic (exact) mass is 292 g/mol. The Balaban J connectivity index is 2.33. The van der Waals surface area contributed by atoms with Crippen molar-refractivity contribution < 1.29 is 14.8 Å². The highest BCUT2D eigenvalue weighted by Gasteiger charge is 2.28. The molecular formula is C15H20N2O4. The Bertz CT molecular complexity index is 559. The maximum Gasteiger partial charge on any atom is 0.280 e. The highest BCUT2D eigenvalue weighted by Crippen LogP contribution is 2.30. The lowest BCUT2D eigenvalue weighted by Crippen LogP contribution is -2.43. The zero-order valence-electron chi connectivity index (χ0n) is 12.3. The molecule has 21 heavy (non-hydrogen) atoms. The molecule has 0 saturated heterocycles. The van der Waals surface area contributed by atoms with Gasteiger partial charge in [0.1, 0.15) is 0 Å². The average molecular weight is 292 g/mol. The van der Waals surface area contributed by atoms with E-state index in [-0.39, 0.29) is 23.1 Å². The van der Waals surface area contributed by atoms with Gasteiger partial charge >= 0.3 is 0 Å². The average Bonchev–Trinajstić information content (AvgIpc) is 2.46. The number of ketones is 1. The summed E-state index contributed by atoms with van der Waals surface area (Å²) < 4.78 is 0. The van der Waals surface area contributed by atoms with Crippen LogP contribution in [0.25, 0.3) is 0 Å². The summed E-state index contributed by atoms with van der Waals surface area (Å²) in [6, 6.07) is 4.52. The van der Waals surface area contributed by atoms with Crippen molar-refractivity contribution in [3.63, 3.8) is 0 Å². The number of aliphatic hydroxyl groups excluding tert-OH is 1. The van der Waals surface area contributed by atoms with Crippen molar-refractivity contribution in [1.29, 1.82) is 0 Å². The molecule has 0 radical (unpaired) electrons. The van der Waals surface area contributed by atoms with Crippen LogP contribution in [0.4, 0.5) is 11.4 Å². The lowest BCUT2D eigenvalue weighted by Gasteiger charge is -2.36. The number of rotatable bonds is 4. The molecule has 1 fully saturated rings. The van der Waals surface area contributed by atoms with E-state index in [0.717, 1.165) is 31.4 Å². The van der Waals surface area contributed by atoms with Gasteiger partial charge in [0.2, 0.25) is 0 Å². The number of hydrogen-bond donors (Lipinski definition) is 1. The number of Topliss-reactive ketones (excluding diaryl/α,β-unsaturated/α-hetero) is 1. The highest BCUT2D eigenvalue weighted by molar-refractivity contribution is 5.99. The molecule has 2 unspecified atom stereocenters. The summed E-state index contributed by atoms with van der Waals surface area (Å²) in [5.41, 5.74) is 0.648. The fourth-order valence-corrected chi connectivity index (χ4v) is 2.92. The van der Waals surface area contributed by atoms with E-state index in [4.69, 9.17) is 0 Å². The normalized spacial score (nSPS) is 21.9. The van der Waals surface area contributed by atoms with Crippen molar-refractivity contribution in [1.82, 2.24) is 0 Å². The van der Waals surface area contributed by atoms with Gasteiger partial charge in [0, 0.05) is 18.8 Å². The maximum atomic E-state index is 11.6. The van der Waals surface area contributed by atoms with Crippen molar-refractivity contribution in [2.75, 3.05) is 11.9 Å². The largest absolute Gasteiger partial charge is 0.391 e. The van der Waals surface area contributed by atoms with Gasteiger partial charge in [0.25, 0.3) is 5.69 Å². The van der Waals surface area contributed by atoms with Gasteiger partial charge in [-0.2, -0.15) is 0 Å². The van der Waals surface area contributed by atoms with Gasteiger partial charge < -0.3 is 10.0 Å². The van der Waals surface area contributed by atoms with Crippen LogP contribution in [-0.2, 0) is 0 Å². The molecule has 114 valence electrons. The zero-order chi connectivity index (χ0) is 15.6. The number of carbonyl (C=O) groups is 1. The summed E-state index contributed by atoms with van der Waals surface area (Å²) in [6.07, 6.45) is 3.31. The fraction of sp³-hybridized carbons (Fsp3) is 0.533. The quantitative estimate of drug-likeness (QED) is 0.524. The Morgan fingerprint density at radius 2 is 2.05 bits per heavy atom. The molecule has 1 aromatic carbocycles. The van der Waals surface area contributed by atoms with Crippen LogP contribution in [-0.4, -0.2) is 35.0 Å². The maximum absolute atomic E-state index is 11.6. The minimum atomic E-state index is -0.546. The summed E-state index contributed by atoms with van der Waals surface area (Å²) in [5, 5.41) is 21.1. The molecule has 0 amide bonds. The van der Waals surface area contributed by atoms with Crippen LogP contribution >= 0.6 is 0 Å². The number of aliphatic hydroxyl groups is 1. The summed E-state index contributed by atoms with van der Waals surface area (Å²) in [5.74, 6) is -0.332. The predicted octanol–water partition coefficient (Wildman–Crippen LogP) is 2.54. The van der Waals surface area contributed by atoms with Gasteiger partial charge in [-0.05, 0) is 31.9 Å². The van der Waals surface area contributed by atoms with Crippen LogP contribution in [0, 0.1) is 10.1 Å². The smallest absolute Gasteiger partial charge is 0.280 e. The lowest BCUT2D eigenvalue weighted by atomic mass is 9.91. The lowest BCUT2D eigenvalue weighted by molar-refractivity contribution is -0.385. The molecule has 6 heteroatoms. The summed E-state index contributed by atoms with van der Waals surface area (Å²) in [7, 11) is 1.85. The van der Waals surface area contributed by atoms with Crippen LogP contribution in [0.2, 0.25) is 0 Å². The van der Waals surface area contributed by atoms with E-state index in [1.807, 2.05) is 11.9 Å². The van der Waals surface area contributed by atoms with Crippen LogP contribution in [0.1, 0.15) is 43.0 Å². The molecular weight excluding hydrogens is 272 g/mol. The Labute approximate surface area is 123 Å². The van der Waals surface area contributed by atoms with Crippen LogP contribution in [0.5, 0.6) is 0 Å². The number of likely N-dealkylation sites (N-methyl/N-ethyl adjacent to an activating group) is 1. The molecule has 0 heterocycles. The third-order valence-electron chi connectivity index (χ3n) is 4.15. The molecule has 0 spiro atoms. The SMILES string of the molecule is CC(=O)c1cc(N(C)C2CCCCC2O)ccc1[N+](=O)[O-].